The largest absolute Gasteiger partial charge is 0.468 e. The molecule has 0 aliphatic carbocycles. The number of alkyl halides is 3. The Labute approximate surface area is 148 Å². The van der Waals surface area contributed by atoms with Crippen LogP contribution in [-0.2, 0) is 27.5 Å². The van der Waals surface area contributed by atoms with Gasteiger partial charge in [0.2, 0.25) is 0 Å². The fourth-order valence-corrected chi connectivity index (χ4v) is 2.54. The first-order valence-corrected chi connectivity index (χ1v) is 7.74. The molecule has 1 heterocycles. The maximum absolute atomic E-state index is 13.0. The number of esters is 1. The molecule has 142 valence electrons. The van der Waals surface area contributed by atoms with Crippen molar-refractivity contribution in [2.45, 2.75) is 18.3 Å². The number of ether oxygens (including phenoxy) is 2. The number of carbonyl (C=O) groups excluding carboxylic acids is 1. The summed E-state index contributed by atoms with van der Waals surface area (Å²) in [5.41, 5.74) is 0.0438. The Morgan fingerprint density at radius 1 is 1.31 bits per heavy atom. The smallest absolute Gasteiger partial charge is 0.416 e. The van der Waals surface area contributed by atoms with E-state index in [1.165, 1.54) is 26.4 Å². The molecule has 2 aromatic rings. The molecule has 1 aromatic heterocycles. The fourth-order valence-electron chi connectivity index (χ4n) is 2.54. The summed E-state index contributed by atoms with van der Waals surface area (Å²) in [6, 6.07) is 3.02. The Kier molecular flexibility index (Phi) is 6.38. The van der Waals surface area contributed by atoms with E-state index in [2.05, 4.69) is 10.4 Å². The number of hydrogen-bond donors (Lipinski definition) is 1. The monoisotopic (exact) mass is 371 g/mol. The molecule has 1 N–H and O–H groups in total. The van der Waals surface area contributed by atoms with Crippen molar-refractivity contribution in [3.05, 3.63) is 53.3 Å². The van der Waals surface area contributed by atoms with E-state index in [1.54, 1.807) is 24.1 Å². The van der Waals surface area contributed by atoms with Gasteiger partial charge in [0.15, 0.2) is 0 Å². The van der Waals surface area contributed by atoms with E-state index in [1.807, 2.05) is 0 Å². The third-order valence-corrected chi connectivity index (χ3v) is 3.81. The number of methoxy groups -OCH3 is 2. The summed E-state index contributed by atoms with van der Waals surface area (Å²) < 4.78 is 50.5. The molecule has 0 radical (unpaired) electrons. The highest BCUT2D eigenvalue weighted by Crippen LogP contribution is 2.31. The van der Waals surface area contributed by atoms with Crippen molar-refractivity contribution in [2.24, 2.45) is 7.05 Å². The summed E-state index contributed by atoms with van der Waals surface area (Å²) in [5.74, 6) is -0.700. The van der Waals surface area contributed by atoms with E-state index in [-0.39, 0.29) is 12.2 Å². The van der Waals surface area contributed by atoms with Gasteiger partial charge in [0.1, 0.15) is 6.04 Å². The van der Waals surface area contributed by atoms with Crippen LogP contribution in [0.15, 0.2) is 36.7 Å². The third-order valence-electron chi connectivity index (χ3n) is 3.81. The normalized spacial score (nSPS) is 14.1. The molecule has 2 unspecified atom stereocenters. The molecular weight excluding hydrogens is 351 g/mol. The zero-order valence-corrected chi connectivity index (χ0v) is 14.6. The molecule has 0 bridgehead atoms. The van der Waals surface area contributed by atoms with Gasteiger partial charge in [-0.25, -0.2) is 4.79 Å². The topological polar surface area (TPSA) is 65.4 Å². The molecule has 0 saturated carbocycles. The van der Waals surface area contributed by atoms with Crippen molar-refractivity contribution in [3.8, 4) is 0 Å². The molecule has 6 nitrogen and oxygen atoms in total. The van der Waals surface area contributed by atoms with E-state index in [9.17, 15) is 18.0 Å². The highest BCUT2D eigenvalue weighted by atomic mass is 19.4. The Bertz CT molecular complexity index is 746. The van der Waals surface area contributed by atoms with Crippen molar-refractivity contribution in [1.29, 1.82) is 0 Å². The lowest BCUT2D eigenvalue weighted by Gasteiger charge is -2.24. The second-order valence-corrected chi connectivity index (χ2v) is 5.70. The Hall–Kier alpha value is -2.39. The van der Waals surface area contributed by atoms with Crippen molar-refractivity contribution in [1.82, 2.24) is 15.1 Å². The van der Waals surface area contributed by atoms with E-state index in [0.29, 0.717) is 0 Å². The molecule has 2 rings (SSSR count). The van der Waals surface area contributed by atoms with E-state index >= 15 is 0 Å². The van der Waals surface area contributed by atoms with Crippen LogP contribution in [0, 0.1) is 0 Å². The lowest BCUT2D eigenvalue weighted by Crippen LogP contribution is -2.35. The van der Waals surface area contributed by atoms with Gasteiger partial charge in [-0.15, -0.1) is 0 Å². The lowest BCUT2D eigenvalue weighted by atomic mass is 10.0. The second-order valence-electron chi connectivity index (χ2n) is 5.70. The highest BCUT2D eigenvalue weighted by Gasteiger charge is 2.33. The van der Waals surface area contributed by atoms with Gasteiger partial charge in [0, 0.05) is 25.9 Å². The molecule has 1 aromatic carbocycles. The molecule has 0 saturated heterocycles. The van der Waals surface area contributed by atoms with Crippen LogP contribution in [0.1, 0.15) is 28.8 Å². The lowest BCUT2D eigenvalue weighted by molar-refractivity contribution is -0.144. The average Bonchev–Trinajstić information content (AvgIpc) is 3.03. The molecule has 0 spiro atoms. The van der Waals surface area contributed by atoms with E-state index in [4.69, 9.17) is 9.47 Å². The van der Waals surface area contributed by atoms with Gasteiger partial charge in [-0.1, -0.05) is 12.1 Å². The van der Waals surface area contributed by atoms with Crippen molar-refractivity contribution < 1.29 is 27.4 Å². The molecule has 26 heavy (non-hydrogen) atoms. The summed E-state index contributed by atoms with van der Waals surface area (Å²) >= 11 is 0. The summed E-state index contributed by atoms with van der Waals surface area (Å²) in [6.45, 7) is 0.193. The number of nitrogens with zero attached hydrogens (tertiary/aromatic N) is 2. The second kappa shape index (κ2) is 8.33. The third kappa shape index (κ3) is 4.83. The summed E-state index contributed by atoms with van der Waals surface area (Å²) in [7, 11) is 4.40. The van der Waals surface area contributed by atoms with Gasteiger partial charge < -0.3 is 9.47 Å². The van der Waals surface area contributed by atoms with Gasteiger partial charge >= 0.3 is 12.1 Å². The quantitative estimate of drug-likeness (QED) is 0.758. The van der Waals surface area contributed by atoms with Crippen LogP contribution in [0.5, 0.6) is 0 Å². The molecule has 2 atom stereocenters. The number of nitrogens with one attached hydrogen (secondary N) is 1. The first kappa shape index (κ1) is 19.9. The highest BCUT2D eigenvalue weighted by molar-refractivity contribution is 5.77. The van der Waals surface area contributed by atoms with Crippen molar-refractivity contribution in [3.63, 3.8) is 0 Å². The zero-order valence-electron chi connectivity index (χ0n) is 14.6. The van der Waals surface area contributed by atoms with Crippen LogP contribution < -0.4 is 5.32 Å². The van der Waals surface area contributed by atoms with E-state index < -0.39 is 29.8 Å². The number of carbonyl (C=O) groups is 1. The number of rotatable bonds is 7. The summed E-state index contributed by atoms with van der Waals surface area (Å²) in [4.78, 5) is 12.2. The van der Waals surface area contributed by atoms with Gasteiger partial charge in [0.05, 0.1) is 31.5 Å². The number of aromatic nitrogens is 2. The van der Waals surface area contributed by atoms with Crippen LogP contribution in [0.3, 0.4) is 0 Å². The minimum absolute atomic E-state index is 0.150. The zero-order chi connectivity index (χ0) is 19.3. The molecular formula is C17H20F3N3O3. The fraction of sp³-hybridized carbons (Fsp3) is 0.412. The van der Waals surface area contributed by atoms with Crippen LogP contribution in [0.2, 0.25) is 0 Å². The maximum Gasteiger partial charge on any atom is 0.416 e. The molecule has 0 amide bonds. The van der Waals surface area contributed by atoms with Gasteiger partial charge in [-0.3, -0.25) is 10.00 Å². The number of halogens is 3. The number of hydrogen-bond acceptors (Lipinski definition) is 5. The number of aryl methyl sites for hydroxylation is 1. The van der Waals surface area contributed by atoms with E-state index in [0.717, 1.165) is 17.7 Å². The first-order valence-electron chi connectivity index (χ1n) is 7.74. The van der Waals surface area contributed by atoms with Crippen LogP contribution in [0.4, 0.5) is 13.2 Å². The van der Waals surface area contributed by atoms with Gasteiger partial charge in [-0.2, -0.15) is 18.3 Å². The SMILES string of the molecule is COCC(NC(C(=O)OC)c1cccc(C(F)(F)F)c1)c1cnn(C)c1. The minimum Gasteiger partial charge on any atom is -0.468 e. The first-order chi connectivity index (χ1) is 12.3. The predicted molar refractivity (Wildman–Crippen MR) is 87.2 cm³/mol. The van der Waals surface area contributed by atoms with Crippen molar-refractivity contribution >= 4 is 5.97 Å². The van der Waals surface area contributed by atoms with Crippen LogP contribution in [-0.4, -0.2) is 36.6 Å². The maximum atomic E-state index is 13.0. The molecule has 0 fully saturated rings. The average molecular weight is 371 g/mol. The van der Waals surface area contributed by atoms with Crippen molar-refractivity contribution in [2.75, 3.05) is 20.8 Å². The Balaban J connectivity index is 2.36. The summed E-state index contributed by atoms with van der Waals surface area (Å²) in [5, 5.41) is 7.08. The standard InChI is InChI=1S/C17H20F3N3O3/c1-23-9-12(8-21-23)14(10-25-2)22-15(16(24)26-3)11-5-4-6-13(7-11)17(18,19)20/h4-9,14-15,22H,10H2,1-3H3. The molecule has 0 aliphatic rings. The van der Waals surface area contributed by atoms with Crippen LogP contribution in [0.25, 0.3) is 0 Å². The van der Waals surface area contributed by atoms with Gasteiger partial charge in [0.25, 0.3) is 0 Å². The summed E-state index contributed by atoms with van der Waals surface area (Å²) in [6.07, 6.45) is -1.18. The predicted octanol–water partition coefficient (Wildman–Crippen LogP) is 2.63. The Morgan fingerprint density at radius 3 is 2.58 bits per heavy atom. The number of benzene rings is 1. The molecule has 0 aliphatic heterocycles. The Morgan fingerprint density at radius 2 is 2.04 bits per heavy atom. The molecule has 9 heteroatoms. The minimum atomic E-state index is -4.51. The van der Waals surface area contributed by atoms with Gasteiger partial charge in [-0.05, 0) is 17.7 Å². The van der Waals surface area contributed by atoms with Crippen LogP contribution >= 0.6 is 0 Å².